The van der Waals surface area contributed by atoms with E-state index in [-0.39, 0.29) is 23.1 Å². The van der Waals surface area contributed by atoms with Crippen molar-refractivity contribution in [3.05, 3.63) is 78.0 Å². The van der Waals surface area contributed by atoms with Gasteiger partial charge in [0.15, 0.2) is 5.11 Å². The molecule has 3 aromatic rings. The van der Waals surface area contributed by atoms with Crippen LogP contribution in [0.3, 0.4) is 0 Å². The molecule has 2 N–H and O–H groups in total. The van der Waals surface area contributed by atoms with Gasteiger partial charge in [0.05, 0.1) is 29.8 Å². The van der Waals surface area contributed by atoms with Gasteiger partial charge in [-0.15, -0.1) is 6.58 Å². The Kier molecular flexibility index (Phi) is 7.93. The number of hydrogen-bond donors (Lipinski definition) is 2. The third-order valence-electron chi connectivity index (χ3n) is 8.45. The molecule has 1 aromatic heterocycles. The van der Waals surface area contributed by atoms with Crippen LogP contribution in [0.4, 0.5) is 32.0 Å². The zero-order valence-corrected chi connectivity index (χ0v) is 23.0. The van der Waals surface area contributed by atoms with E-state index in [0.29, 0.717) is 35.6 Å². The zero-order chi connectivity index (χ0) is 29.5. The summed E-state index contributed by atoms with van der Waals surface area (Å²) < 4.78 is 86.1. The Bertz CT molecular complexity index is 1420. The second kappa shape index (κ2) is 11.2. The average molecular weight is 594 g/mol. The Morgan fingerprint density at radius 3 is 2.27 bits per heavy atom. The summed E-state index contributed by atoms with van der Waals surface area (Å²) in [5.74, 6) is 1.94. The first kappa shape index (κ1) is 29.2. The lowest BCUT2D eigenvalue weighted by Gasteiger charge is -2.49. The van der Waals surface area contributed by atoms with Crippen molar-refractivity contribution in [1.29, 1.82) is 0 Å². The third kappa shape index (κ3) is 6.14. The van der Waals surface area contributed by atoms with Gasteiger partial charge in [-0.1, -0.05) is 6.08 Å². The van der Waals surface area contributed by atoms with Crippen molar-refractivity contribution in [1.82, 2.24) is 10.3 Å². The zero-order valence-electron chi connectivity index (χ0n) is 22.1. The van der Waals surface area contributed by atoms with E-state index in [1.165, 1.54) is 0 Å². The fraction of sp³-hybridized carbons (Fsp3) is 0.400. The van der Waals surface area contributed by atoms with E-state index in [1.54, 1.807) is 19.4 Å². The Labute approximate surface area is 239 Å². The van der Waals surface area contributed by atoms with Crippen molar-refractivity contribution in [2.24, 2.45) is 23.7 Å². The molecule has 3 aliphatic rings. The maximum Gasteiger partial charge on any atom is 0.416 e. The number of ether oxygens (including phenoxy) is 1. The first-order valence-corrected chi connectivity index (χ1v) is 13.7. The molecular formula is C30H29F6N3OS. The molecule has 0 aliphatic heterocycles. The summed E-state index contributed by atoms with van der Waals surface area (Å²) in [7, 11) is 1.56. The molecule has 0 saturated heterocycles. The smallest absolute Gasteiger partial charge is 0.416 e. The molecule has 0 amide bonds. The van der Waals surface area contributed by atoms with Crippen LogP contribution in [-0.2, 0) is 12.4 Å². The van der Waals surface area contributed by atoms with E-state index in [4.69, 9.17) is 17.0 Å². The number of allylic oxidation sites excluding steroid dienone is 1. The fourth-order valence-electron chi connectivity index (χ4n) is 6.52. The van der Waals surface area contributed by atoms with Crippen LogP contribution in [-0.4, -0.2) is 17.2 Å². The number of nitrogens with one attached hydrogen (secondary N) is 2. The molecule has 0 radical (unpaired) electrons. The Balaban J connectivity index is 1.51. The lowest BCUT2D eigenvalue weighted by atomic mass is 9.57. The van der Waals surface area contributed by atoms with E-state index in [1.807, 2.05) is 24.3 Å². The molecule has 41 heavy (non-hydrogen) atoms. The number of thiocarbonyl (C=S) groups is 1. The lowest BCUT2D eigenvalue weighted by molar-refractivity contribution is -0.143. The normalized spacial score (nSPS) is 23.2. The number of methoxy groups -OCH3 is 1. The standard InChI is InChI=1S/C30H29F6N3OS/c1-3-16-10-18-5-4-17(16)11-24(18)27(23-8-9-37-26-7-6-22(40-2)15-25(23)26)39-28(41)38-21-13-19(29(31,32)33)12-20(14-21)30(34,35)36/h3,6-9,12-18,24,27H,1,4-5,10-11H2,2H3,(H2,38,39,41)/t16-,17-,18-,24+,27+/m0/s1. The highest BCUT2D eigenvalue weighted by atomic mass is 32.1. The largest absolute Gasteiger partial charge is 0.497 e. The number of nitrogens with zero attached hydrogens (tertiary/aromatic N) is 1. The number of rotatable bonds is 6. The van der Waals surface area contributed by atoms with Crippen LogP contribution in [0.2, 0.25) is 0 Å². The minimum Gasteiger partial charge on any atom is -0.497 e. The Morgan fingerprint density at radius 1 is 1.00 bits per heavy atom. The summed E-state index contributed by atoms with van der Waals surface area (Å²) >= 11 is 5.52. The summed E-state index contributed by atoms with van der Waals surface area (Å²) in [5.41, 5.74) is -1.62. The first-order chi connectivity index (χ1) is 19.4. The van der Waals surface area contributed by atoms with Gasteiger partial charge in [-0.3, -0.25) is 4.98 Å². The molecule has 1 heterocycles. The van der Waals surface area contributed by atoms with Gasteiger partial charge in [-0.2, -0.15) is 26.3 Å². The predicted molar refractivity (Wildman–Crippen MR) is 149 cm³/mol. The molecule has 3 aliphatic carbocycles. The number of alkyl halides is 6. The van der Waals surface area contributed by atoms with Crippen molar-refractivity contribution in [3.8, 4) is 5.75 Å². The number of fused-ring (bicyclic) bond motifs is 4. The second-order valence-electron chi connectivity index (χ2n) is 10.8. The summed E-state index contributed by atoms with van der Waals surface area (Å²) in [6.45, 7) is 4.01. The van der Waals surface area contributed by atoms with Crippen molar-refractivity contribution >= 4 is 33.9 Å². The van der Waals surface area contributed by atoms with Crippen LogP contribution in [0.1, 0.15) is 48.4 Å². The van der Waals surface area contributed by atoms with Gasteiger partial charge in [0, 0.05) is 17.3 Å². The molecule has 218 valence electrons. The molecule has 2 aromatic carbocycles. The van der Waals surface area contributed by atoms with Gasteiger partial charge >= 0.3 is 12.4 Å². The van der Waals surface area contributed by atoms with Crippen molar-refractivity contribution in [2.75, 3.05) is 12.4 Å². The SMILES string of the molecule is C=C[C@H]1C[C@@H]2CC[C@H]1C[C@H]2[C@H](NC(=S)Nc1cc(C(F)(F)F)cc(C(F)(F)F)c1)c1ccnc2ccc(OC)cc12. The summed E-state index contributed by atoms with van der Waals surface area (Å²) in [6, 6.07) is 8.36. The van der Waals surface area contributed by atoms with Crippen LogP contribution in [0.15, 0.2) is 61.3 Å². The summed E-state index contributed by atoms with van der Waals surface area (Å²) in [6.07, 6.45) is -2.27. The van der Waals surface area contributed by atoms with Gasteiger partial charge in [-0.05, 0) is 110 Å². The minimum absolute atomic E-state index is 0.0722. The third-order valence-corrected chi connectivity index (χ3v) is 8.67. The average Bonchev–Trinajstić information content (AvgIpc) is 2.94. The summed E-state index contributed by atoms with van der Waals surface area (Å²) in [5, 5.41) is 6.64. The highest BCUT2D eigenvalue weighted by Gasteiger charge is 2.44. The number of hydrogen-bond acceptors (Lipinski definition) is 3. The molecule has 3 fully saturated rings. The molecule has 3 saturated carbocycles. The predicted octanol–water partition coefficient (Wildman–Crippen LogP) is 8.55. The van der Waals surface area contributed by atoms with Crippen molar-refractivity contribution in [2.45, 2.75) is 44.1 Å². The fourth-order valence-corrected chi connectivity index (χ4v) is 6.76. The Hall–Kier alpha value is -3.34. The van der Waals surface area contributed by atoms with Gasteiger partial charge in [0.25, 0.3) is 0 Å². The highest BCUT2D eigenvalue weighted by Crippen LogP contribution is 2.53. The van der Waals surface area contributed by atoms with Crippen molar-refractivity contribution < 1.29 is 31.1 Å². The minimum atomic E-state index is -4.96. The number of benzene rings is 2. The van der Waals surface area contributed by atoms with Gasteiger partial charge in [0.1, 0.15) is 5.75 Å². The molecule has 11 heteroatoms. The van der Waals surface area contributed by atoms with Gasteiger partial charge in [0.2, 0.25) is 0 Å². The molecule has 5 atom stereocenters. The highest BCUT2D eigenvalue weighted by molar-refractivity contribution is 7.80. The quantitative estimate of drug-likeness (QED) is 0.170. The Morgan fingerprint density at radius 2 is 1.68 bits per heavy atom. The van der Waals surface area contributed by atoms with E-state index >= 15 is 0 Å². The number of anilines is 1. The maximum absolute atomic E-state index is 13.4. The van der Waals surface area contributed by atoms with Crippen LogP contribution in [0.25, 0.3) is 10.9 Å². The second-order valence-corrected chi connectivity index (χ2v) is 11.2. The molecule has 2 bridgehead atoms. The van der Waals surface area contributed by atoms with Crippen LogP contribution >= 0.6 is 12.2 Å². The van der Waals surface area contributed by atoms with Gasteiger partial charge < -0.3 is 15.4 Å². The maximum atomic E-state index is 13.4. The van der Waals surface area contributed by atoms with E-state index in [0.717, 1.165) is 42.1 Å². The van der Waals surface area contributed by atoms with E-state index < -0.39 is 29.2 Å². The van der Waals surface area contributed by atoms with Crippen LogP contribution in [0, 0.1) is 23.7 Å². The van der Waals surface area contributed by atoms with E-state index in [9.17, 15) is 26.3 Å². The molecule has 4 nitrogen and oxygen atoms in total. The monoisotopic (exact) mass is 593 g/mol. The summed E-state index contributed by atoms with van der Waals surface area (Å²) in [4.78, 5) is 4.47. The molecule has 0 spiro atoms. The molecule has 6 rings (SSSR count). The number of aromatic nitrogens is 1. The number of pyridine rings is 1. The molecular weight excluding hydrogens is 564 g/mol. The van der Waals surface area contributed by atoms with E-state index in [2.05, 4.69) is 22.2 Å². The molecule has 0 unspecified atom stereocenters. The van der Waals surface area contributed by atoms with Crippen molar-refractivity contribution in [3.63, 3.8) is 0 Å². The van der Waals surface area contributed by atoms with Crippen LogP contribution < -0.4 is 15.4 Å². The van der Waals surface area contributed by atoms with Gasteiger partial charge in [-0.25, -0.2) is 0 Å². The number of halogens is 6. The van der Waals surface area contributed by atoms with Crippen LogP contribution in [0.5, 0.6) is 5.75 Å². The lowest BCUT2D eigenvalue weighted by Crippen LogP contribution is -2.45. The topological polar surface area (TPSA) is 46.2 Å². The first-order valence-electron chi connectivity index (χ1n) is 13.3.